The van der Waals surface area contributed by atoms with Crippen LogP contribution in [0.1, 0.15) is 29.8 Å². The van der Waals surface area contributed by atoms with Gasteiger partial charge in [-0.1, -0.05) is 0 Å². The fraction of sp³-hybridized carbons (Fsp3) is 0.471. The van der Waals surface area contributed by atoms with Gasteiger partial charge in [-0.05, 0) is 44.5 Å². The zero-order valence-corrected chi connectivity index (χ0v) is 15.0. The molecule has 1 aliphatic heterocycles. The average Bonchev–Trinajstić information content (AvgIpc) is 2.56. The van der Waals surface area contributed by atoms with Gasteiger partial charge in [0.15, 0.2) is 0 Å². The summed E-state index contributed by atoms with van der Waals surface area (Å²) in [5.41, 5.74) is 1.88. The molecule has 0 bridgehead atoms. The lowest BCUT2D eigenvalue weighted by Gasteiger charge is -2.26. The lowest BCUT2D eigenvalue weighted by Crippen LogP contribution is -2.39. The second-order valence-corrected chi connectivity index (χ2v) is 7.24. The highest BCUT2D eigenvalue weighted by atomic mass is 32.2. The van der Waals surface area contributed by atoms with E-state index in [9.17, 15) is 14.4 Å². The molecule has 0 atom stereocenters. The molecule has 130 valence electrons. The molecule has 2 rings (SSSR count). The highest BCUT2D eigenvalue weighted by Crippen LogP contribution is 2.19. The van der Waals surface area contributed by atoms with E-state index in [1.54, 1.807) is 39.0 Å². The van der Waals surface area contributed by atoms with Gasteiger partial charge in [0.1, 0.15) is 0 Å². The molecule has 0 radical (unpaired) electrons. The van der Waals surface area contributed by atoms with Gasteiger partial charge in [0.25, 0.3) is 5.91 Å². The third-order valence-electron chi connectivity index (χ3n) is 3.65. The van der Waals surface area contributed by atoms with Crippen LogP contribution in [0.3, 0.4) is 0 Å². The summed E-state index contributed by atoms with van der Waals surface area (Å²) in [6, 6.07) is 5.00. The van der Waals surface area contributed by atoms with Gasteiger partial charge in [0.05, 0.1) is 0 Å². The Kier molecular flexibility index (Phi) is 6.25. The van der Waals surface area contributed by atoms with E-state index in [0.717, 1.165) is 30.2 Å². The minimum absolute atomic E-state index is 0.00817. The zero-order valence-electron chi connectivity index (χ0n) is 14.2. The Hall–Kier alpha value is -2.02. The van der Waals surface area contributed by atoms with Crippen LogP contribution >= 0.6 is 11.8 Å². The molecule has 7 heteroatoms. The van der Waals surface area contributed by atoms with Gasteiger partial charge < -0.3 is 15.5 Å². The second kappa shape index (κ2) is 8.19. The molecule has 1 aromatic carbocycles. The predicted octanol–water partition coefficient (Wildman–Crippen LogP) is 1.65. The van der Waals surface area contributed by atoms with Crippen LogP contribution in [0.2, 0.25) is 0 Å². The predicted molar refractivity (Wildman–Crippen MR) is 96.3 cm³/mol. The van der Waals surface area contributed by atoms with E-state index < -0.39 is 11.8 Å². The van der Waals surface area contributed by atoms with Crippen LogP contribution in [-0.2, 0) is 9.59 Å². The molecule has 1 heterocycles. The number of rotatable bonds is 3. The topological polar surface area (TPSA) is 78.5 Å². The van der Waals surface area contributed by atoms with E-state index in [2.05, 4.69) is 10.6 Å². The molecule has 6 nitrogen and oxygen atoms in total. The van der Waals surface area contributed by atoms with Crippen LogP contribution in [0, 0.1) is 6.92 Å². The first-order valence-corrected chi connectivity index (χ1v) is 9.13. The van der Waals surface area contributed by atoms with Gasteiger partial charge in [0, 0.05) is 41.9 Å². The molecule has 0 saturated carbocycles. The molecule has 1 aromatic rings. The Balaban J connectivity index is 2.05. The highest BCUT2D eigenvalue weighted by molar-refractivity contribution is 7.99. The number of nitrogens with zero attached hydrogens (tertiary/aromatic N) is 1. The van der Waals surface area contributed by atoms with Crippen molar-refractivity contribution in [1.29, 1.82) is 0 Å². The molecule has 24 heavy (non-hydrogen) atoms. The number of thioether (sulfide) groups is 1. The summed E-state index contributed by atoms with van der Waals surface area (Å²) in [4.78, 5) is 37.9. The van der Waals surface area contributed by atoms with Crippen molar-refractivity contribution in [2.75, 3.05) is 29.9 Å². The van der Waals surface area contributed by atoms with E-state index in [1.165, 1.54) is 0 Å². The third-order valence-corrected chi connectivity index (χ3v) is 4.59. The van der Waals surface area contributed by atoms with Crippen LogP contribution in [0.25, 0.3) is 0 Å². The minimum Gasteiger partial charge on any atom is -0.346 e. The van der Waals surface area contributed by atoms with E-state index >= 15 is 0 Å². The molecular formula is C17H23N3O3S. The summed E-state index contributed by atoms with van der Waals surface area (Å²) < 4.78 is 0. The first kappa shape index (κ1) is 18.3. The van der Waals surface area contributed by atoms with Crippen molar-refractivity contribution in [1.82, 2.24) is 10.2 Å². The van der Waals surface area contributed by atoms with Crippen LogP contribution in [0.4, 0.5) is 5.69 Å². The summed E-state index contributed by atoms with van der Waals surface area (Å²) in [6.45, 7) is 6.90. The van der Waals surface area contributed by atoms with E-state index in [-0.39, 0.29) is 11.9 Å². The standard InChI is InChI=1S/C17H23N3O3S/c1-11(2)18-15(21)16(22)19-14-5-4-13(10-12(14)3)17(23)20-6-8-24-9-7-20/h4-5,10-11H,6-9H2,1-3H3,(H,18,21)(H,19,22). The van der Waals surface area contributed by atoms with Crippen molar-refractivity contribution in [3.05, 3.63) is 29.3 Å². The van der Waals surface area contributed by atoms with Gasteiger partial charge >= 0.3 is 11.8 Å². The maximum Gasteiger partial charge on any atom is 0.313 e. The summed E-state index contributed by atoms with van der Waals surface area (Å²) in [6.07, 6.45) is 0. The molecule has 1 fully saturated rings. The number of aryl methyl sites for hydroxylation is 1. The van der Waals surface area contributed by atoms with E-state index in [1.807, 2.05) is 16.7 Å². The first-order valence-electron chi connectivity index (χ1n) is 7.98. The Bertz CT molecular complexity index is 640. The van der Waals surface area contributed by atoms with Crippen LogP contribution < -0.4 is 10.6 Å². The Labute approximate surface area is 146 Å². The number of amides is 3. The van der Waals surface area contributed by atoms with Crippen molar-refractivity contribution >= 4 is 35.2 Å². The molecular weight excluding hydrogens is 326 g/mol. The monoisotopic (exact) mass is 349 g/mol. The quantitative estimate of drug-likeness (QED) is 0.814. The second-order valence-electron chi connectivity index (χ2n) is 6.02. The normalized spacial score (nSPS) is 14.4. The molecule has 1 aliphatic rings. The van der Waals surface area contributed by atoms with Crippen molar-refractivity contribution in [2.45, 2.75) is 26.8 Å². The number of carbonyl (C=O) groups excluding carboxylic acids is 3. The number of hydrogen-bond acceptors (Lipinski definition) is 4. The fourth-order valence-electron chi connectivity index (χ4n) is 2.39. The lowest BCUT2D eigenvalue weighted by molar-refractivity contribution is -0.136. The van der Waals surface area contributed by atoms with Gasteiger partial charge in [-0.25, -0.2) is 0 Å². The number of carbonyl (C=O) groups is 3. The maximum absolute atomic E-state index is 12.5. The van der Waals surface area contributed by atoms with Crippen LogP contribution in [-0.4, -0.2) is 53.3 Å². The zero-order chi connectivity index (χ0) is 17.7. The minimum atomic E-state index is -0.709. The smallest absolute Gasteiger partial charge is 0.313 e. The number of anilines is 1. The molecule has 0 unspecified atom stereocenters. The Morgan fingerprint density at radius 1 is 1.12 bits per heavy atom. The third kappa shape index (κ3) is 4.74. The summed E-state index contributed by atoms with van der Waals surface area (Å²) in [7, 11) is 0. The van der Waals surface area contributed by atoms with Gasteiger partial charge in [0.2, 0.25) is 0 Å². The Morgan fingerprint density at radius 3 is 2.38 bits per heavy atom. The molecule has 2 N–H and O–H groups in total. The van der Waals surface area contributed by atoms with E-state index in [0.29, 0.717) is 11.3 Å². The van der Waals surface area contributed by atoms with Crippen molar-refractivity contribution in [2.24, 2.45) is 0 Å². The van der Waals surface area contributed by atoms with Crippen LogP contribution in [0.5, 0.6) is 0 Å². The van der Waals surface area contributed by atoms with Crippen molar-refractivity contribution in [3.63, 3.8) is 0 Å². The van der Waals surface area contributed by atoms with E-state index in [4.69, 9.17) is 0 Å². The summed E-state index contributed by atoms with van der Waals surface area (Å²) >= 11 is 1.85. The number of hydrogen-bond donors (Lipinski definition) is 2. The van der Waals surface area contributed by atoms with Crippen molar-refractivity contribution < 1.29 is 14.4 Å². The van der Waals surface area contributed by atoms with Gasteiger partial charge in [-0.3, -0.25) is 14.4 Å². The lowest BCUT2D eigenvalue weighted by atomic mass is 10.1. The molecule has 1 saturated heterocycles. The highest BCUT2D eigenvalue weighted by Gasteiger charge is 2.20. The maximum atomic E-state index is 12.5. The summed E-state index contributed by atoms with van der Waals surface area (Å²) in [5, 5.41) is 5.12. The van der Waals surface area contributed by atoms with Gasteiger partial charge in [-0.15, -0.1) is 0 Å². The van der Waals surface area contributed by atoms with Crippen LogP contribution in [0.15, 0.2) is 18.2 Å². The SMILES string of the molecule is Cc1cc(C(=O)N2CCSCC2)ccc1NC(=O)C(=O)NC(C)C. The van der Waals surface area contributed by atoms with Crippen molar-refractivity contribution in [3.8, 4) is 0 Å². The Morgan fingerprint density at radius 2 is 1.79 bits per heavy atom. The fourth-order valence-corrected chi connectivity index (χ4v) is 3.30. The average molecular weight is 349 g/mol. The first-order chi connectivity index (χ1) is 11.4. The molecule has 0 aromatic heterocycles. The molecule has 0 spiro atoms. The largest absolute Gasteiger partial charge is 0.346 e. The molecule has 0 aliphatic carbocycles. The van der Waals surface area contributed by atoms with Gasteiger partial charge in [-0.2, -0.15) is 11.8 Å². The number of nitrogens with one attached hydrogen (secondary N) is 2. The summed E-state index contributed by atoms with van der Waals surface area (Å²) in [5.74, 6) is 0.552. The molecule has 3 amide bonds. The number of benzene rings is 1.